The standard InChI is InChI=1S/C12H13Br/c1-9-8-11(6-7-12(9)13)10-4-2-3-5-10/h4,6-8H,2-3,5H2,1H3. The van der Waals surface area contributed by atoms with Crippen LogP contribution in [0.1, 0.15) is 30.4 Å². The highest BCUT2D eigenvalue weighted by Crippen LogP contribution is 2.29. The molecule has 0 aromatic heterocycles. The number of allylic oxidation sites excluding steroid dienone is 2. The third kappa shape index (κ3) is 1.86. The molecule has 13 heavy (non-hydrogen) atoms. The second-order valence-electron chi connectivity index (χ2n) is 3.59. The van der Waals surface area contributed by atoms with Crippen molar-refractivity contribution in [3.63, 3.8) is 0 Å². The molecule has 1 aliphatic rings. The minimum absolute atomic E-state index is 1.20. The van der Waals surface area contributed by atoms with E-state index in [0.29, 0.717) is 0 Å². The minimum atomic E-state index is 1.20. The molecule has 1 aromatic rings. The highest BCUT2D eigenvalue weighted by atomic mass is 79.9. The zero-order chi connectivity index (χ0) is 9.26. The molecule has 2 rings (SSSR count). The second kappa shape index (κ2) is 3.67. The van der Waals surface area contributed by atoms with Gasteiger partial charge in [0, 0.05) is 4.47 Å². The Labute approximate surface area is 87.8 Å². The molecular weight excluding hydrogens is 224 g/mol. The molecule has 0 aliphatic heterocycles. The Morgan fingerprint density at radius 1 is 1.31 bits per heavy atom. The summed E-state index contributed by atoms with van der Waals surface area (Å²) in [5, 5.41) is 0. The van der Waals surface area contributed by atoms with Gasteiger partial charge < -0.3 is 0 Å². The van der Waals surface area contributed by atoms with Crippen molar-refractivity contribution in [1.82, 2.24) is 0 Å². The maximum atomic E-state index is 3.52. The molecule has 0 spiro atoms. The summed E-state index contributed by atoms with van der Waals surface area (Å²) in [5.74, 6) is 0. The number of halogens is 1. The van der Waals surface area contributed by atoms with Crippen LogP contribution in [-0.2, 0) is 0 Å². The van der Waals surface area contributed by atoms with Gasteiger partial charge in [0.25, 0.3) is 0 Å². The summed E-state index contributed by atoms with van der Waals surface area (Å²) in [6, 6.07) is 6.61. The summed E-state index contributed by atoms with van der Waals surface area (Å²) in [4.78, 5) is 0. The monoisotopic (exact) mass is 236 g/mol. The van der Waals surface area contributed by atoms with Gasteiger partial charge in [-0.1, -0.05) is 34.1 Å². The van der Waals surface area contributed by atoms with Gasteiger partial charge >= 0.3 is 0 Å². The third-order valence-corrected chi connectivity index (χ3v) is 3.46. The molecule has 0 saturated carbocycles. The van der Waals surface area contributed by atoms with Crippen LogP contribution in [0.15, 0.2) is 28.7 Å². The van der Waals surface area contributed by atoms with Gasteiger partial charge in [-0.2, -0.15) is 0 Å². The largest absolute Gasteiger partial charge is 0.0807 e. The zero-order valence-corrected chi connectivity index (χ0v) is 9.39. The molecule has 0 fully saturated rings. The van der Waals surface area contributed by atoms with Crippen molar-refractivity contribution in [3.05, 3.63) is 39.9 Å². The number of hydrogen-bond donors (Lipinski definition) is 0. The van der Waals surface area contributed by atoms with E-state index in [1.807, 2.05) is 0 Å². The van der Waals surface area contributed by atoms with E-state index < -0.39 is 0 Å². The van der Waals surface area contributed by atoms with Crippen molar-refractivity contribution < 1.29 is 0 Å². The molecule has 0 saturated heterocycles. The molecule has 0 bridgehead atoms. The molecule has 0 atom stereocenters. The molecule has 68 valence electrons. The van der Waals surface area contributed by atoms with Crippen LogP contribution in [0.3, 0.4) is 0 Å². The molecule has 0 N–H and O–H groups in total. The van der Waals surface area contributed by atoms with Gasteiger partial charge in [0.15, 0.2) is 0 Å². The molecule has 1 heteroatoms. The summed E-state index contributed by atoms with van der Waals surface area (Å²) < 4.78 is 1.20. The van der Waals surface area contributed by atoms with Crippen molar-refractivity contribution in [2.45, 2.75) is 26.2 Å². The van der Waals surface area contributed by atoms with E-state index in [2.05, 4.69) is 47.1 Å². The fourth-order valence-corrected chi connectivity index (χ4v) is 2.02. The first kappa shape index (κ1) is 9.01. The van der Waals surface area contributed by atoms with Crippen LogP contribution in [0.4, 0.5) is 0 Å². The van der Waals surface area contributed by atoms with Gasteiger partial charge in [-0.25, -0.2) is 0 Å². The smallest absolute Gasteiger partial charge is 0.0204 e. The normalized spacial score (nSPS) is 16.0. The molecule has 1 aliphatic carbocycles. The lowest BCUT2D eigenvalue weighted by atomic mass is 10.0. The summed E-state index contributed by atoms with van der Waals surface area (Å²) in [5.41, 5.74) is 4.25. The van der Waals surface area contributed by atoms with Crippen molar-refractivity contribution >= 4 is 21.5 Å². The zero-order valence-electron chi connectivity index (χ0n) is 7.81. The Morgan fingerprint density at radius 2 is 2.15 bits per heavy atom. The third-order valence-electron chi connectivity index (χ3n) is 2.57. The van der Waals surface area contributed by atoms with Crippen molar-refractivity contribution in [2.75, 3.05) is 0 Å². The van der Waals surface area contributed by atoms with Crippen LogP contribution in [0.5, 0.6) is 0 Å². The summed E-state index contributed by atoms with van der Waals surface area (Å²) in [7, 11) is 0. The van der Waals surface area contributed by atoms with Crippen LogP contribution in [0, 0.1) is 6.92 Å². The van der Waals surface area contributed by atoms with E-state index in [4.69, 9.17) is 0 Å². The van der Waals surface area contributed by atoms with Gasteiger partial charge in [0.2, 0.25) is 0 Å². The Kier molecular flexibility index (Phi) is 2.54. The molecule has 0 heterocycles. The molecular formula is C12H13Br. The molecule has 1 aromatic carbocycles. The van der Waals surface area contributed by atoms with E-state index >= 15 is 0 Å². The van der Waals surface area contributed by atoms with Crippen LogP contribution in [0.25, 0.3) is 5.57 Å². The van der Waals surface area contributed by atoms with Gasteiger partial charge in [-0.15, -0.1) is 0 Å². The van der Waals surface area contributed by atoms with Gasteiger partial charge in [-0.3, -0.25) is 0 Å². The van der Waals surface area contributed by atoms with E-state index in [1.165, 1.54) is 40.4 Å². The minimum Gasteiger partial charge on any atom is -0.0807 e. The maximum absolute atomic E-state index is 3.52. The average molecular weight is 237 g/mol. The number of benzene rings is 1. The van der Waals surface area contributed by atoms with Crippen LogP contribution >= 0.6 is 15.9 Å². The van der Waals surface area contributed by atoms with E-state index in [0.717, 1.165) is 0 Å². The predicted molar refractivity (Wildman–Crippen MR) is 60.7 cm³/mol. The summed E-state index contributed by atoms with van der Waals surface area (Å²) >= 11 is 3.52. The number of hydrogen-bond acceptors (Lipinski definition) is 0. The summed E-state index contributed by atoms with van der Waals surface area (Å²) in [6.07, 6.45) is 6.19. The Bertz CT molecular complexity index is 350. The highest BCUT2D eigenvalue weighted by Gasteiger charge is 2.07. The maximum Gasteiger partial charge on any atom is 0.0204 e. The highest BCUT2D eigenvalue weighted by molar-refractivity contribution is 9.10. The summed E-state index contributed by atoms with van der Waals surface area (Å²) in [6.45, 7) is 2.14. The second-order valence-corrected chi connectivity index (χ2v) is 4.44. The SMILES string of the molecule is Cc1cc(C2=CCCC2)ccc1Br. The van der Waals surface area contributed by atoms with Crippen molar-refractivity contribution in [3.8, 4) is 0 Å². The molecule has 0 unspecified atom stereocenters. The van der Waals surface area contributed by atoms with Crippen LogP contribution in [0.2, 0.25) is 0 Å². The Balaban J connectivity index is 2.36. The Hall–Kier alpha value is -0.560. The Morgan fingerprint density at radius 3 is 2.77 bits per heavy atom. The molecule has 0 nitrogen and oxygen atoms in total. The fourth-order valence-electron chi connectivity index (χ4n) is 1.78. The van der Waals surface area contributed by atoms with Gasteiger partial charge in [0.05, 0.1) is 0 Å². The topological polar surface area (TPSA) is 0 Å². The first-order chi connectivity index (χ1) is 6.27. The number of aryl methyl sites for hydroxylation is 1. The first-order valence-electron chi connectivity index (χ1n) is 4.73. The van der Waals surface area contributed by atoms with Crippen molar-refractivity contribution in [1.29, 1.82) is 0 Å². The molecule has 0 radical (unpaired) electrons. The van der Waals surface area contributed by atoms with E-state index in [-0.39, 0.29) is 0 Å². The predicted octanol–water partition coefficient (Wildman–Crippen LogP) is 4.32. The van der Waals surface area contributed by atoms with Crippen LogP contribution < -0.4 is 0 Å². The number of rotatable bonds is 1. The average Bonchev–Trinajstić information content (AvgIpc) is 2.62. The lowest BCUT2D eigenvalue weighted by Crippen LogP contribution is -1.83. The lowest BCUT2D eigenvalue weighted by Gasteiger charge is -2.04. The van der Waals surface area contributed by atoms with Gasteiger partial charge in [0.1, 0.15) is 0 Å². The quantitative estimate of drug-likeness (QED) is 0.682. The van der Waals surface area contributed by atoms with E-state index in [1.54, 1.807) is 0 Å². The van der Waals surface area contributed by atoms with E-state index in [9.17, 15) is 0 Å². The lowest BCUT2D eigenvalue weighted by molar-refractivity contribution is 0.935. The first-order valence-corrected chi connectivity index (χ1v) is 5.52. The van der Waals surface area contributed by atoms with Crippen LogP contribution in [-0.4, -0.2) is 0 Å². The molecule has 0 amide bonds. The van der Waals surface area contributed by atoms with Gasteiger partial charge in [-0.05, 0) is 49.0 Å². The van der Waals surface area contributed by atoms with Crippen molar-refractivity contribution in [2.24, 2.45) is 0 Å². The fraction of sp³-hybridized carbons (Fsp3) is 0.333.